The summed E-state index contributed by atoms with van der Waals surface area (Å²) < 4.78 is 30.2. The van der Waals surface area contributed by atoms with Gasteiger partial charge in [0.05, 0.1) is 27.7 Å². The van der Waals surface area contributed by atoms with Crippen LogP contribution in [0.1, 0.15) is 213 Å². The molecule has 8 nitrogen and oxygen atoms in total. The van der Waals surface area contributed by atoms with Crippen LogP contribution in [0, 0.1) is 0 Å². The number of quaternary nitrogens is 1. The van der Waals surface area contributed by atoms with Crippen LogP contribution in [-0.2, 0) is 23.1 Å². The minimum atomic E-state index is -4.16. The van der Waals surface area contributed by atoms with Crippen LogP contribution < -0.4 is 5.32 Å². The first-order chi connectivity index (χ1) is 25.6. The second kappa shape index (κ2) is 38.5. The Labute approximate surface area is 330 Å². The summed E-state index contributed by atoms with van der Waals surface area (Å²) in [6, 6.07) is 0. The fourth-order valence-corrected chi connectivity index (χ4v) is 7.64. The number of hydrogen-bond donors (Lipinski definition) is 2. The van der Waals surface area contributed by atoms with Crippen LogP contribution in [0.3, 0.4) is 0 Å². The summed E-state index contributed by atoms with van der Waals surface area (Å²) in [5.41, 5.74) is 0. The number of nitrogens with one attached hydrogen (secondary N) is 1. The highest BCUT2D eigenvalue weighted by Crippen LogP contribution is 2.44. The van der Waals surface area contributed by atoms with E-state index in [4.69, 9.17) is 13.8 Å². The number of carbonyl (C=O) groups excluding carboxylic acids is 1. The van der Waals surface area contributed by atoms with Crippen molar-refractivity contribution in [3.05, 3.63) is 0 Å². The molecule has 0 aromatic rings. The summed E-state index contributed by atoms with van der Waals surface area (Å²) in [5, 5.41) is 3.44. The second-order valence-electron chi connectivity index (χ2n) is 17.0. The van der Waals surface area contributed by atoms with E-state index in [1.54, 1.807) is 6.92 Å². The van der Waals surface area contributed by atoms with E-state index in [0.717, 1.165) is 32.2 Å². The van der Waals surface area contributed by atoms with E-state index < -0.39 is 13.9 Å². The molecular weight excluding hydrogens is 683 g/mol. The number of hydrogen-bond acceptors (Lipinski definition) is 6. The molecular formula is C44H92N2O6P+. The standard InChI is InChI=1S/C44H91N2O6P/c1-6-7-8-9-10-11-12-13-14-17-20-23-26-29-32-35-39-50-42-44(52-53(48,49)51-40-38-46(3,4)5)41-45-37-34-31-28-25-22-19-16-15-18-21-24-27-30-33-36-43(2)47/h44-45H,6-42H2,1-5H3/p+1. The van der Waals surface area contributed by atoms with Gasteiger partial charge in [0.25, 0.3) is 0 Å². The van der Waals surface area contributed by atoms with Gasteiger partial charge in [-0.1, -0.05) is 180 Å². The van der Waals surface area contributed by atoms with Gasteiger partial charge in [0.2, 0.25) is 0 Å². The number of carbonyl (C=O) groups is 1. The van der Waals surface area contributed by atoms with Crippen molar-refractivity contribution in [2.45, 2.75) is 219 Å². The van der Waals surface area contributed by atoms with Gasteiger partial charge in [-0.3, -0.25) is 9.05 Å². The normalized spacial score (nSPS) is 13.8. The Bertz CT molecular complexity index is 824. The fourth-order valence-electron chi connectivity index (χ4n) is 6.75. The van der Waals surface area contributed by atoms with Crippen LogP contribution in [0.15, 0.2) is 0 Å². The van der Waals surface area contributed by atoms with Gasteiger partial charge >= 0.3 is 7.82 Å². The summed E-state index contributed by atoms with van der Waals surface area (Å²) >= 11 is 0. The topological polar surface area (TPSA) is 94.1 Å². The van der Waals surface area contributed by atoms with Crippen molar-refractivity contribution in [1.82, 2.24) is 5.32 Å². The van der Waals surface area contributed by atoms with Crippen LogP contribution in [0.5, 0.6) is 0 Å². The molecule has 0 aliphatic carbocycles. The number of rotatable bonds is 44. The molecule has 0 spiro atoms. The number of unbranched alkanes of at least 4 members (excludes halogenated alkanes) is 28. The third-order valence-corrected chi connectivity index (χ3v) is 11.3. The lowest BCUT2D eigenvalue weighted by molar-refractivity contribution is -0.870. The fraction of sp³-hybridized carbons (Fsp3) is 0.977. The molecule has 53 heavy (non-hydrogen) atoms. The van der Waals surface area contributed by atoms with Crippen molar-refractivity contribution in [1.29, 1.82) is 0 Å². The average molecular weight is 776 g/mol. The Balaban J connectivity index is 4.00. The van der Waals surface area contributed by atoms with Gasteiger partial charge in [0, 0.05) is 19.6 Å². The Morgan fingerprint density at radius 3 is 1.42 bits per heavy atom. The first-order valence-electron chi connectivity index (χ1n) is 22.8. The Morgan fingerprint density at radius 1 is 0.604 bits per heavy atom. The van der Waals surface area contributed by atoms with Gasteiger partial charge in [-0.05, 0) is 32.7 Å². The number of Topliss-reactive ketones (excluding diaryl/α,β-unsaturated/α-hetero) is 1. The quantitative estimate of drug-likeness (QED) is 0.0361. The summed E-state index contributed by atoms with van der Waals surface area (Å²) in [6.45, 7) is 7.04. The molecule has 0 aromatic carbocycles. The molecule has 318 valence electrons. The molecule has 0 saturated carbocycles. The molecule has 0 radical (unpaired) electrons. The maximum absolute atomic E-state index is 12.7. The molecule has 0 saturated heterocycles. The van der Waals surface area contributed by atoms with Crippen molar-refractivity contribution in [2.75, 3.05) is 60.6 Å². The Morgan fingerprint density at radius 2 is 1.00 bits per heavy atom. The number of nitrogens with zero attached hydrogens (tertiary/aromatic N) is 1. The van der Waals surface area contributed by atoms with Gasteiger partial charge in [-0.2, -0.15) is 0 Å². The van der Waals surface area contributed by atoms with E-state index in [0.29, 0.717) is 30.0 Å². The van der Waals surface area contributed by atoms with Crippen LogP contribution in [0.25, 0.3) is 0 Å². The monoisotopic (exact) mass is 776 g/mol. The van der Waals surface area contributed by atoms with Crippen LogP contribution in [0.2, 0.25) is 0 Å². The smallest absolute Gasteiger partial charge is 0.379 e. The van der Waals surface area contributed by atoms with E-state index in [1.807, 2.05) is 21.1 Å². The van der Waals surface area contributed by atoms with E-state index in [1.165, 1.54) is 173 Å². The maximum Gasteiger partial charge on any atom is 0.472 e. The third kappa shape index (κ3) is 44.2. The highest BCUT2D eigenvalue weighted by molar-refractivity contribution is 7.47. The molecule has 0 bridgehead atoms. The number of ether oxygens (including phenoxy) is 1. The number of ketones is 1. The molecule has 0 aliphatic rings. The Kier molecular flexibility index (Phi) is 38.3. The SMILES string of the molecule is CCCCCCCCCCCCCCCCCCOCC(CNCCCCCCCCCCCCCCCCC(C)=O)OP(=O)(O)OCC[N+](C)(C)C. The third-order valence-electron chi connectivity index (χ3n) is 10.2. The molecule has 0 fully saturated rings. The van der Waals surface area contributed by atoms with Crippen LogP contribution in [-0.4, -0.2) is 81.9 Å². The lowest BCUT2D eigenvalue weighted by atomic mass is 10.0. The maximum atomic E-state index is 12.7. The molecule has 0 heterocycles. The molecule has 0 aliphatic heterocycles. The second-order valence-corrected chi connectivity index (χ2v) is 18.4. The van der Waals surface area contributed by atoms with Gasteiger partial charge in [0.1, 0.15) is 25.0 Å². The van der Waals surface area contributed by atoms with Crippen LogP contribution >= 0.6 is 7.82 Å². The first-order valence-corrected chi connectivity index (χ1v) is 24.3. The zero-order chi connectivity index (χ0) is 39.1. The molecule has 9 heteroatoms. The van der Waals surface area contributed by atoms with Crippen molar-refractivity contribution < 1.29 is 32.5 Å². The molecule has 0 aromatic heterocycles. The lowest BCUT2D eigenvalue weighted by Gasteiger charge is -2.25. The van der Waals surface area contributed by atoms with Gasteiger partial charge in [0.15, 0.2) is 0 Å². The van der Waals surface area contributed by atoms with E-state index in [9.17, 15) is 14.3 Å². The number of phosphoric acid groups is 1. The largest absolute Gasteiger partial charge is 0.472 e. The van der Waals surface area contributed by atoms with E-state index >= 15 is 0 Å². The van der Waals surface area contributed by atoms with Crippen molar-refractivity contribution in [3.63, 3.8) is 0 Å². The van der Waals surface area contributed by atoms with E-state index in [-0.39, 0.29) is 13.2 Å². The van der Waals surface area contributed by atoms with Gasteiger partial charge in [-0.15, -0.1) is 0 Å². The average Bonchev–Trinajstić information content (AvgIpc) is 3.09. The van der Waals surface area contributed by atoms with Crippen molar-refractivity contribution >= 4 is 13.6 Å². The molecule has 0 rings (SSSR count). The summed E-state index contributed by atoms with van der Waals surface area (Å²) in [6.07, 6.45) is 39.5. The first kappa shape index (κ1) is 52.7. The van der Waals surface area contributed by atoms with Gasteiger partial charge in [-0.25, -0.2) is 4.57 Å². The van der Waals surface area contributed by atoms with E-state index in [2.05, 4.69) is 12.2 Å². The highest BCUT2D eigenvalue weighted by atomic mass is 31.2. The zero-order valence-corrected chi connectivity index (χ0v) is 37.0. The van der Waals surface area contributed by atoms with Crippen molar-refractivity contribution in [3.8, 4) is 0 Å². The zero-order valence-electron chi connectivity index (χ0n) is 36.1. The number of phosphoric ester groups is 1. The Hall–Kier alpha value is -0.340. The van der Waals surface area contributed by atoms with Crippen molar-refractivity contribution in [2.24, 2.45) is 0 Å². The number of likely N-dealkylation sites (N-methyl/N-ethyl adjacent to an activating group) is 1. The highest BCUT2D eigenvalue weighted by Gasteiger charge is 2.27. The summed E-state index contributed by atoms with van der Waals surface area (Å²) in [5.74, 6) is 0.322. The molecule has 2 unspecified atom stereocenters. The predicted octanol–water partition coefficient (Wildman–Crippen LogP) is 12.5. The van der Waals surface area contributed by atoms with Crippen LogP contribution in [0.4, 0.5) is 0 Å². The predicted molar refractivity (Wildman–Crippen MR) is 227 cm³/mol. The molecule has 2 N–H and O–H groups in total. The lowest BCUT2D eigenvalue weighted by Crippen LogP contribution is -2.37. The minimum Gasteiger partial charge on any atom is -0.379 e. The van der Waals surface area contributed by atoms with Gasteiger partial charge < -0.3 is 24.2 Å². The molecule has 0 amide bonds. The summed E-state index contributed by atoms with van der Waals surface area (Å²) in [4.78, 5) is 21.4. The minimum absolute atomic E-state index is 0.168. The molecule has 2 atom stereocenters. The summed E-state index contributed by atoms with van der Waals surface area (Å²) in [7, 11) is 1.91.